The van der Waals surface area contributed by atoms with Crippen LogP contribution in [0.5, 0.6) is 5.75 Å². The van der Waals surface area contributed by atoms with Gasteiger partial charge >= 0.3 is 0 Å². The predicted octanol–water partition coefficient (Wildman–Crippen LogP) is 4.49. The van der Waals surface area contributed by atoms with E-state index in [0.717, 1.165) is 47.2 Å². The van der Waals surface area contributed by atoms with Crippen molar-refractivity contribution in [1.82, 2.24) is 0 Å². The molecule has 0 bridgehead atoms. The molecule has 0 atom stereocenters. The number of nitrogens with zero attached hydrogens (tertiary/aromatic N) is 1. The summed E-state index contributed by atoms with van der Waals surface area (Å²) in [5, 5.41) is 15.4. The zero-order chi connectivity index (χ0) is 20.0. The molecule has 146 valence electrons. The topological polar surface area (TPSA) is 65.3 Å². The maximum atomic E-state index is 13.1. The highest BCUT2D eigenvalue weighted by atomic mass is 16.5. The van der Waals surface area contributed by atoms with E-state index in [1.807, 2.05) is 18.2 Å². The predicted molar refractivity (Wildman–Crippen MR) is 108 cm³/mol. The van der Waals surface area contributed by atoms with E-state index in [0.29, 0.717) is 29.3 Å². The van der Waals surface area contributed by atoms with E-state index < -0.39 is 0 Å². The first kappa shape index (κ1) is 20.7. The summed E-state index contributed by atoms with van der Waals surface area (Å²) in [6.45, 7) is 10.1. The highest BCUT2D eigenvalue weighted by Gasteiger charge is 2.25. The van der Waals surface area contributed by atoms with Crippen molar-refractivity contribution in [2.24, 2.45) is 0 Å². The molecule has 0 aliphatic rings. The minimum absolute atomic E-state index is 0.305. The number of benzene rings is 1. The van der Waals surface area contributed by atoms with Gasteiger partial charge in [0.15, 0.2) is 5.69 Å². The van der Waals surface area contributed by atoms with Gasteiger partial charge in [-0.1, -0.05) is 45.4 Å². The second-order valence-corrected chi connectivity index (χ2v) is 6.72. The molecule has 0 fully saturated rings. The number of carbonyl (C=O) groups is 1. The van der Waals surface area contributed by atoms with Gasteiger partial charge in [0.05, 0.1) is 6.61 Å². The number of anilines is 1. The van der Waals surface area contributed by atoms with Gasteiger partial charge in [-0.05, 0) is 30.4 Å². The lowest BCUT2D eigenvalue weighted by molar-refractivity contribution is -0.619. The molecule has 0 aliphatic carbocycles. The quantitative estimate of drug-likeness (QED) is 0.423. The van der Waals surface area contributed by atoms with Gasteiger partial charge in [0, 0.05) is 25.6 Å². The van der Waals surface area contributed by atoms with Crippen LogP contribution < -0.4 is 14.8 Å². The number of carbonyl (C=O) groups excluding carboxylic acids is 1. The summed E-state index contributed by atoms with van der Waals surface area (Å²) in [5.74, 6) is 0.161. The van der Waals surface area contributed by atoms with E-state index in [4.69, 9.17) is 4.74 Å². The van der Waals surface area contributed by atoms with Crippen LogP contribution in [0.4, 0.5) is 5.69 Å². The summed E-state index contributed by atoms with van der Waals surface area (Å²) in [5.41, 5.74) is 4.17. The maximum absolute atomic E-state index is 13.1. The summed E-state index contributed by atoms with van der Waals surface area (Å²) in [6.07, 6.45) is 3.52. The van der Waals surface area contributed by atoms with Crippen molar-refractivity contribution in [2.45, 2.75) is 60.3 Å². The maximum Gasteiger partial charge on any atom is 0.265 e. The van der Waals surface area contributed by atoms with E-state index in [1.165, 1.54) is 0 Å². The molecule has 0 saturated heterocycles. The highest BCUT2D eigenvalue weighted by Crippen LogP contribution is 2.27. The number of hydrogen-bond donors (Lipinski definition) is 1. The Morgan fingerprint density at radius 1 is 1.15 bits per heavy atom. The summed E-state index contributed by atoms with van der Waals surface area (Å²) in [7, 11) is 0. The van der Waals surface area contributed by atoms with Crippen LogP contribution in [0.1, 0.15) is 66.5 Å². The third-order valence-corrected chi connectivity index (χ3v) is 4.79. The number of hydrogen-bond acceptors (Lipinski definition) is 3. The van der Waals surface area contributed by atoms with E-state index in [2.05, 4.69) is 26.1 Å². The molecule has 0 radical (unpaired) electrons. The molecule has 1 heterocycles. The number of para-hydroxylation sites is 1. The van der Waals surface area contributed by atoms with Crippen molar-refractivity contribution in [3.63, 3.8) is 0 Å². The SMILES string of the molecule is CCCCOc1cc(C)[n+]([O-])c(C)c1C(=O)Nc1c(CC)cccc1CC. The van der Waals surface area contributed by atoms with Gasteiger partial charge in [-0.2, -0.15) is 4.73 Å². The molecule has 0 aliphatic heterocycles. The summed E-state index contributed by atoms with van der Waals surface area (Å²) in [6, 6.07) is 7.69. The standard InChI is InChI=1S/C22H30N2O3/c1-6-9-13-27-19-14-15(4)24(26)16(5)20(19)22(25)23-21-17(7-2)11-10-12-18(21)8-3/h10-12,14H,6-9,13H2,1-5H3,(H,23,25). The molecule has 2 rings (SSSR count). The van der Waals surface area contributed by atoms with Crippen LogP contribution in [0.3, 0.4) is 0 Å². The lowest BCUT2D eigenvalue weighted by Crippen LogP contribution is -2.37. The fourth-order valence-electron chi connectivity index (χ4n) is 3.16. The molecule has 2 aromatic rings. The molecule has 27 heavy (non-hydrogen) atoms. The van der Waals surface area contributed by atoms with Crippen molar-refractivity contribution in [3.05, 3.63) is 57.6 Å². The number of aryl methyl sites for hydroxylation is 3. The fourth-order valence-corrected chi connectivity index (χ4v) is 3.16. The smallest absolute Gasteiger partial charge is 0.265 e. The van der Waals surface area contributed by atoms with Crippen molar-refractivity contribution < 1.29 is 14.3 Å². The molecule has 5 heteroatoms. The Kier molecular flexibility index (Phi) is 7.22. The number of aromatic nitrogens is 1. The van der Waals surface area contributed by atoms with Gasteiger partial charge in [0.2, 0.25) is 5.69 Å². The molecular weight excluding hydrogens is 340 g/mol. The average Bonchev–Trinajstić information content (AvgIpc) is 2.66. The van der Waals surface area contributed by atoms with Crippen LogP contribution in [0.2, 0.25) is 0 Å². The van der Waals surface area contributed by atoms with Crippen molar-refractivity contribution in [1.29, 1.82) is 0 Å². The summed E-state index contributed by atoms with van der Waals surface area (Å²) >= 11 is 0. The van der Waals surface area contributed by atoms with Crippen LogP contribution in [0.15, 0.2) is 24.3 Å². The largest absolute Gasteiger partial charge is 0.618 e. The lowest BCUT2D eigenvalue weighted by Gasteiger charge is -2.18. The Morgan fingerprint density at radius 3 is 2.33 bits per heavy atom. The zero-order valence-corrected chi connectivity index (χ0v) is 17.0. The van der Waals surface area contributed by atoms with E-state index >= 15 is 0 Å². The number of unbranched alkanes of at least 4 members (excludes halogenated alkanes) is 1. The van der Waals surface area contributed by atoms with E-state index in [9.17, 15) is 10.0 Å². The Bertz CT molecular complexity index is 793. The van der Waals surface area contributed by atoms with Gasteiger partial charge < -0.3 is 15.3 Å². The molecule has 0 saturated carbocycles. The molecule has 1 N–H and O–H groups in total. The molecular formula is C22H30N2O3. The van der Waals surface area contributed by atoms with E-state index in [1.54, 1.807) is 19.9 Å². The lowest BCUT2D eigenvalue weighted by atomic mass is 10.0. The minimum atomic E-state index is -0.306. The van der Waals surface area contributed by atoms with Crippen molar-refractivity contribution in [3.8, 4) is 5.75 Å². The van der Waals surface area contributed by atoms with Crippen LogP contribution in [-0.4, -0.2) is 12.5 Å². The second kappa shape index (κ2) is 9.40. The van der Waals surface area contributed by atoms with Gasteiger partial charge in [-0.25, -0.2) is 0 Å². The minimum Gasteiger partial charge on any atom is -0.618 e. The summed E-state index contributed by atoms with van der Waals surface area (Å²) < 4.78 is 6.64. The van der Waals surface area contributed by atoms with Gasteiger partial charge in [0.1, 0.15) is 11.3 Å². The first-order valence-electron chi connectivity index (χ1n) is 9.73. The average molecular weight is 370 g/mol. The third-order valence-electron chi connectivity index (χ3n) is 4.79. The molecule has 0 unspecified atom stereocenters. The van der Waals surface area contributed by atoms with Gasteiger partial charge in [-0.15, -0.1) is 0 Å². The van der Waals surface area contributed by atoms with Crippen molar-refractivity contribution >= 4 is 11.6 Å². The number of nitrogens with one attached hydrogen (secondary N) is 1. The molecule has 1 aromatic heterocycles. The number of pyridine rings is 1. The first-order valence-corrected chi connectivity index (χ1v) is 9.73. The summed E-state index contributed by atoms with van der Waals surface area (Å²) in [4.78, 5) is 13.1. The van der Waals surface area contributed by atoms with Crippen LogP contribution in [0, 0.1) is 19.1 Å². The number of ether oxygens (including phenoxy) is 1. The van der Waals surface area contributed by atoms with Gasteiger partial charge in [-0.3, -0.25) is 4.79 Å². The Labute approximate surface area is 162 Å². The van der Waals surface area contributed by atoms with Crippen LogP contribution in [-0.2, 0) is 12.8 Å². The Hall–Kier alpha value is -2.56. The molecule has 5 nitrogen and oxygen atoms in total. The Balaban J connectivity index is 2.45. The highest BCUT2D eigenvalue weighted by molar-refractivity contribution is 6.07. The van der Waals surface area contributed by atoms with Crippen molar-refractivity contribution in [2.75, 3.05) is 11.9 Å². The number of rotatable bonds is 8. The third kappa shape index (κ3) is 4.59. The van der Waals surface area contributed by atoms with Crippen LogP contribution >= 0.6 is 0 Å². The number of amides is 1. The van der Waals surface area contributed by atoms with Gasteiger partial charge in [0.25, 0.3) is 5.91 Å². The van der Waals surface area contributed by atoms with Crippen LogP contribution in [0.25, 0.3) is 0 Å². The zero-order valence-electron chi connectivity index (χ0n) is 17.0. The first-order chi connectivity index (χ1) is 12.9. The molecule has 0 spiro atoms. The fraction of sp³-hybridized carbons (Fsp3) is 0.455. The molecule has 1 aromatic carbocycles. The second-order valence-electron chi connectivity index (χ2n) is 6.72. The Morgan fingerprint density at radius 2 is 1.78 bits per heavy atom. The normalized spacial score (nSPS) is 10.7. The molecule has 1 amide bonds. The monoisotopic (exact) mass is 370 g/mol. The van der Waals surface area contributed by atoms with E-state index in [-0.39, 0.29) is 5.91 Å².